The molecule has 6 unspecified atom stereocenters. The monoisotopic (exact) mass is 316 g/mol. The molecular formula is C9H17O10P. The lowest BCUT2D eigenvalue weighted by atomic mass is 9.89. The minimum atomic E-state index is -4.81. The molecule has 20 heavy (non-hydrogen) atoms. The molecule has 0 aromatic heterocycles. The third kappa shape index (κ3) is 4.21. The first kappa shape index (κ1) is 17.5. The lowest BCUT2D eigenvalue weighted by molar-refractivity contribution is -0.239. The summed E-state index contributed by atoms with van der Waals surface area (Å²) in [6, 6.07) is 0. The molecule has 0 aromatic rings. The van der Waals surface area contributed by atoms with Crippen LogP contribution in [-0.2, 0) is 18.6 Å². The zero-order chi connectivity index (χ0) is 15.7. The Bertz CT molecular complexity index is 394. The molecule has 0 saturated carbocycles. The number of aliphatic hydroxyl groups excluding tert-OH is 3. The van der Waals surface area contributed by atoms with Crippen LogP contribution in [0.2, 0.25) is 0 Å². The Labute approximate surface area is 113 Å². The molecule has 1 heterocycles. The molecule has 10 nitrogen and oxygen atoms in total. The number of carboxylic acids is 1. The van der Waals surface area contributed by atoms with Gasteiger partial charge in [-0.05, 0) is 6.92 Å². The van der Waals surface area contributed by atoms with Crippen molar-refractivity contribution < 1.29 is 48.8 Å². The zero-order valence-corrected chi connectivity index (χ0v) is 11.3. The smallest absolute Gasteiger partial charge is 0.469 e. The molecular weight excluding hydrogens is 299 g/mol. The van der Waals surface area contributed by atoms with Crippen LogP contribution in [0.5, 0.6) is 0 Å². The fourth-order valence-electron chi connectivity index (χ4n) is 1.84. The number of carboxylic acid groups (broad SMARTS) is 1. The molecule has 6 N–H and O–H groups in total. The van der Waals surface area contributed by atoms with E-state index in [0.29, 0.717) is 0 Å². The summed E-state index contributed by atoms with van der Waals surface area (Å²) in [4.78, 5) is 28.0. The van der Waals surface area contributed by atoms with E-state index in [1.54, 1.807) is 0 Å². The van der Waals surface area contributed by atoms with Crippen LogP contribution in [-0.4, -0.2) is 73.3 Å². The van der Waals surface area contributed by atoms with Crippen molar-refractivity contribution in [2.24, 2.45) is 5.92 Å². The van der Waals surface area contributed by atoms with Crippen LogP contribution in [0.15, 0.2) is 0 Å². The molecule has 0 amide bonds. The second-order valence-electron chi connectivity index (χ2n) is 4.52. The van der Waals surface area contributed by atoms with Gasteiger partial charge in [-0.25, -0.2) is 4.57 Å². The summed E-state index contributed by atoms with van der Waals surface area (Å²) < 4.78 is 19.8. The highest BCUT2D eigenvalue weighted by Crippen LogP contribution is 2.37. The fourth-order valence-corrected chi connectivity index (χ4v) is 2.18. The lowest BCUT2D eigenvalue weighted by Crippen LogP contribution is -2.60. The van der Waals surface area contributed by atoms with E-state index >= 15 is 0 Å². The van der Waals surface area contributed by atoms with Crippen molar-refractivity contribution in [1.82, 2.24) is 0 Å². The number of aliphatic carboxylic acids is 1. The SMILES string of the molecule is CC(C(=O)O)C1OC(COP(=O)(O)O)C(O)C(O)C1O. The van der Waals surface area contributed by atoms with Crippen LogP contribution in [0, 0.1) is 5.92 Å². The Morgan fingerprint density at radius 1 is 1.25 bits per heavy atom. The first-order valence-electron chi connectivity index (χ1n) is 5.67. The van der Waals surface area contributed by atoms with Crippen LogP contribution in [0.25, 0.3) is 0 Å². The summed E-state index contributed by atoms with van der Waals surface area (Å²) in [5, 5.41) is 37.8. The van der Waals surface area contributed by atoms with Crippen molar-refractivity contribution >= 4 is 13.8 Å². The number of carbonyl (C=O) groups is 1. The molecule has 0 bridgehead atoms. The van der Waals surface area contributed by atoms with Crippen LogP contribution >= 0.6 is 7.82 Å². The molecule has 6 atom stereocenters. The van der Waals surface area contributed by atoms with Crippen molar-refractivity contribution in [3.63, 3.8) is 0 Å². The Kier molecular flexibility index (Phi) is 5.64. The number of rotatable bonds is 5. The summed E-state index contributed by atoms with van der Waals surface area (Å²) in [5.41, 5.74) is 0. The van der Waals surface area contributed by atoms with Crippen molar-refractivity contribution in [2.45, 2.75) is 37.4 Å². The Balaban J connectivity index is 2.81. The van der Waals surface area contributed by atoms with Gasteiger partial charge in [0, 0.05) is 0 Å². The second-order valence-corrected chi connectivity index (χ2v) is 5.76. The minimum Gasteiger partial charge on any atom is -0.481 e. The summed E-state index contributed by atoms with van der Waals surface area (Å²) in [5.74, 6) is -2.50. The van der Waals surface area contributed by atoms with E-state index in [2.05, 4.69) is 4.52 Å². The van der Waals surface area contributed by atoms with Gasteiger partial charge in [0.15, 0.2) is 0 Å². The Hall–Kier alpha value is -0.580. The number of aliphatic hydroxyl groups is 3. The third-order valence-electron chi connectivity index (χ3n) is 3.04. The van der Waals surface area contributed by atoms with Gasteiger partial charge in [0.2, 0.25) is 0 Å². The van der Waals surface area contributed by atoms with E-state index in [0.717, 1.165) is 0 Å². The van der Waals surface area contributed by atoms with Gasteiger partial charge in [-0.3, -0.25) is 9.32 Å². The summed E-state index contributed by atoms with van der Waals surface area (Å²) in [7, 11) is -4.81. The van der Waals surface area contributed by atoms with Gasteiger partial charge < -0.3 is 34.9 Å². The summed E-state index contributed by atoms with van der Waals surface area (Å²) in [6.45, 7) is 0.458. The van der Waals surface area contributed by atoms with E-state index in [1.807, 2.05) is 0 Å². The van der Waals surface area contributed by atoms with E-state index in [1.165, 1.54) is 6.92 Å². The summed E-state index contributed by atoms with van der Waals surface area (Å²) >= 11 is 0. The highest BCUT2D eigenvalue weighted by atomic mass is 31.2. The van der Waals surface area contributed by atoms with Crippen LogP contribution in [0.3, 0.4) is 0 Å². The first-order valence-corrected chi connectivity index (χ1v) is 7.20. The number of hydrogen-bond acceptors (Lipinski definition) is 7. The molecule has 1 fully saturated rings. The minimum absolute atomic E-state index is 0.766. The van der Waals surface area contributed by atoms with Crippen molar-refractivity contribution in [1.29, 1.82) is 0 Å². The Morgan fingerprint density at radius 3 is 2.25 bits per heavy atom. The fraction of sp³-hybridized carbons (Fsp3) is 0.889. The van der Waals surface area contributed by atoms with Crippen LogP contribution < -0.4 is 0 Å². The van der Waals surface area contributed by atoms with Gasteiger partial charge >= 0.3 is 13.8 Å². The Morgan fingerprint density at radius 2 is 1.80 bits per heavy atom. The maximum Gasteiger partial charge on any atom is 0.469 e. The van der Waals surface area contributed by atoms with E-state index in [-0.39, 0.29) is 0 Å². The number of phosphoric ester groups is 1. The molecule has 0 radical (unpaired) electrons. The quantitative estimate of drug-likeness (QED) is 0.302. The number of ether oxygens (including phenoxy) is 1. The third-order valence-corrected chi connectivity index (χ3v) is 3.52. The maximum absolute atomic E-state index is 10.9. The van der Waals surface area contributed by atoms with Gasteiger partial charge in [-0.1, -0.05) is 0 Å². The molecule has 1 saturated heterocycles. The zero-order valence-electron chi connectivity index (χ0n) is 10.4. The topological polar surface area (TPSA) is 174 Å². The molecule has 0 spiro atoms. The molecule has 1 aliphatic rings. The van der Waals surface area contributed by atoms with E-state index in [9.17, 15) is 24.7 Å². The van der Waals surface area contributed by atoms with Gasteiger partial charge in [0.05, 0.1) is 18.6 Å². The van der Waals surface area contributed by atoms with E-state index < -0.39 is 56.8 Å². The van der Waals surface area contributed by atoms with Crippen molar-refractivity contribution in [2.75, 3.05) is 6.61 Å². The van der Waals surface area contributed by atoms with E-state index in [4.69, 9.17) is 19.6 Å². The molecule has 0 aliphatic carbocycles. The molecule has 1 rings (SSSR count). The maximum atomic E-state index is 10.9. The average Bonchev–Trinajstić information content (AvgIpc) is 2.33. The molecule has 11 heteroatoms. The van der Waals surface area contributed by atoms with Crippen LogP contribution in [0.4, 0.5) is 0 Å². The average molecular weight is 316 g/mol. The molecule has 1 aliphatic heterocycles. The largest absolute Gasteiger partial charge is 0.481 e. The predicted molar refractivity (Wildman–Crippen MR) is 61.5 cm³/mol. The lowest BCUT2D eigenvalue weighted by Gasteiger charge is -2.41. The predicted octanol–water partition coefficient (Wildman–Crippen LogP) is -2.33. The normalized spacial score (nSPS) is 36.6. The van der Waals surface area contributed by atoms with Crippen LogP contribution in [0.1, 0.15) is 6.92 Å². The van der Waals surface area contributed by atoms with Gasteiger partial charge in [-0.2, -0.15) is 0 Å². The first-order chi connectivity index (χ1) is 9.04. The number of phosphoric acid groups is 1. The molecule has 0 aromatic carbocycles. The van der Waals surface area contributed by atoms with Gasteiger partial charge in [0.25, 0.3) is 0 Å². The second kappa shape index (κ2) is 6.46. The number of hydrogen-bond donors (Lipinski definition) is 6. The highest BCUT2D eigenvalue weighted by molar-refractivity contribution is 7.46. The standard InChI is InChI=1S/C9H17O10P/c1-3(9(13)14)8-7(12)6(11)5(10)4(19-8)2-18-20(15,16)17/h3-8,10-12H,2H2,1H3,(H,13,14)(H2,15,16,17). The van der Waals surface area contributed by atoms with Crippen molar-refractivity contribution in [3.8, 4) is 0 Å². The van der Waals surface area contributed by atoms with Gasteiger partial charge in [0.1, 0.15) is 24.4 Å². The summed E-state index contributed by atoms with van der Waals surface area (Å²) in [6.07, 6.45) is -7.78. The molecule has 118 valence electrons. The highest BCUT2D eigenvalue weighted by Gasteiger charge is 2.47. The van der Waals surface area contributed by atoms with Crippen molar-refractivity contribution in [3.05, 3.63) is 0 Å². The van der Waals surface area contributed by atoms with Gasteiger partial charge in [-0.15, -0.1) is 0 Å².